The van der Waals surface area contributed by atoms with Gasteiger partial charge in [-0.05, 0) is 19.8 Å². The smallest absolute Gasteiger partial charge is 0.276 e. The second kappa shape index (κ2) is 6.19. The Morgan fingerprint density at radius 3 is 3.04 bits per heavy atom. The molecule has 1 N–H and O–H groups in total. The second-order valence-electron chi connectivity index (χ2n) is 6.41. The quantitative estimate of drug-likeness (QED) is 0.788. The summed E-state index contributed by atoms with van der Waals surface area (Å²) in [4.78, 5) is 22.1. The number of hydrogen-bond acceptors (Lipinski definition) is 5. The first-order valence-corrected chi connectivity index (χ1v) is 8.37. The Morgan fingerprint density at radius 2 is 2.32 bits per heavy atom. The van der Waals surface area contributed by atoms with Crippen molar-refractivity contribution in [1.82, 2.24) is 29.8 Å². The van der Waals surface area contributed by atoms with E-state index in [1.54, 1.807) is 23.1 Å². The number of nitrogens with zero attached hydrogens (tertiary/aromatic N) is 5. The Hall–Kier alpha value is -2.90. The van der Waals surface area contributed by atoms with Crippen LogP contribution in [0.5, 0.6) is 0 Å². The minimum absolute atomic E-state index is 0.104. The van der Waals surface area contributed by atoms with Gasteiger partial charge in [0.1, 0.15) is 5.82 Å². The molecule has 8 heteroatoms. The third-order valence-electron chi connectivity index (χ3n) is 4.84. The lowest BCUT2D eigenvalue weighted by Gasteiger charge is -2.31. The van der Waals surface area contributed by atoms with Gasteiger partial charge in [-0.15, -0.1) is 0 Å². The Morgan fingerprint density at radius 1 is 1.44 bits per heavy atom. The Kier molecular flexibility index (Phi) is 3.87. The highest BCUT2D eigenvalue weighted by Crippen LogP contribution is 2.27. The average molecular weight is 340 g/mol. The lowest BCUT2D eigenvalue weighted by molar-refractivity contribution is 0.0694. The van der Waals surface area contributed by atoms with Crippen LogP contribution >= 0.6 is 0 Å². The summed E-state index contributed by atoms with van der Waals surface area (Å²) >= 11 is 0. The molecule has 1 atom stereocenters. The molecule has 3 aromatic heterocycles. The Balaban J connectivity index is 1.52. The van der Waals surface area contributed by atoms with Crippen LogP contribution in [0.25, 0.3) is 11.3 Å². The van der Waals surface area contributed by atoms with E-state index in [9.17, 15) is 4.79 Å². The number of aromatic amines is 1. The van der Waals surface area contributed by atoms with E-state index in [2.05, 4.69) is 20.2 Å². The minimum atomic E-state index is -0.104. The summed E-state index contributed by atoms with van der Waals surface area (Å²) in [5, 5.41) is 8.18. The van der Waals surface area contributed by atoms with Gasteiger partial charge in [0.15, 0.2) is 11.5 Å². The maximum absolute atomic E-state index is 12.8. The summed E-state index contributed by atoms with van der Waals surface area (Å²) in [6.07, 6.45) is 7.25. The van der Waals surface area contributed by atoms with Crippen molar-refractivity contribution in [2.75, 3.05) is 13.1 Å². The van der Waals surface area contributed by atoms with Gasteiger partial charge in [0.25, 0.3) is 5.91 Å². The molecule has 4 heterocycles. The molecule has 25 heavy (non-hydrogen) atoms. The number of carbonyl (C=O) groups is 1. The van der Waals surface area contributed by atoms with Crippen LogP contribution in [0.15, 0.2) is 29.2 Å². The highest BCUT2D eigenvalue weighted by Gasteiger charge is 2.28. The zero-order chi connectivity index (χ0) is 17.4. The number of hydrogen-bond donors (Lipinski definition) is 1. The van der Waals surface area contributed by atoms with Gasteiger partial charge in [-0.2, -0.15) is 5.10 Å². The van der Waals surface area contributed by atoms with Crippen LogP contribution < -0.4 is 0 Å². The van der Waals surface area contributed by atoms with Crippen LogP contribution in [0.2, 0.25) is 0 Å². The molecule has 1 aliphatic heterocycles. The fourth-order valence-corrected chi connectivity index (χ4v) is 3.29. The maximum atomic E-state index is 12.8. The highest BCUT2D eigenvalue weighted by atomic mass is 16.5. The molecule has 0 spiro atoms. The maximum Gasteiger partial charge on any atom is 0.276 e. The van der Waals surface area contributed by atoms with Crippen molar-refractivity contribution in [3.63, 3.8) is 0 Å². The molecule has 1 unspecified atom stereocenters. The van der Waals surface area contributed by atoms with Gasteiger partial charge in [0.05, 0.1) is 11.8 Å². The van der Waals surface area contributed by atoms with Gasteiger partial charge in [0, 0.05) is 50.2 Å². The third kappa shape index (κ3) is 2.84. The second-order valence-corrected chi connectivity index (χ2v) is 6.41. The number of carbonyl (C=O) groups excluding carboxylic acids is 1. The van der Waals surface area contributed by atoms with Gasteiger partial charge < -0.3 is 14.4 Å². The van der Waals surface area contributed by atoms with E-state index in [1.807, 2.05) is 25.1 Å². The highest BCUT2D eigenvalue weighted by molar-refractivity contribution is 5.93. The average Bonchev–Trinajstić information content (AvgIpc) is 3.37. The number of imidazole rings is 1. The zero-order valence-corrected chi connectivity index (χ0v) is 14.3. The van der Waals surface area contributed by atoms with E-state index < -0.39 is 0 Å². The van der Waals surface area contributed by atoms with Crippen LogP contribution in [-0.2, 0) is 7.05 Å². The van der Waals surface area contributed by atoms with E-state index in [0.717, 1.165) is 36.5 Å². The first-order valence-electron chi connectivity index (χ1n) is 8.37. The fraction of sp³-hybridized carbons (Fsp3) is 0.412. The minimum Gasteiger partial charge on any atom is -0.355 e. The molecule has 130 valence electrons. The van der Waals surface area contributed by atoms with Gasteiger partial charge >= 0.3 is 0 Å². The van der Waals surface area contributed by atoms with Gasteiger partial charge in [-0.1, -0.05) is 5.16 Å². The van der Waals surface area contributed by atoms with Gasteiger partial charge in [-0.25, -0.2) is 4.98 Å². The zero-order valence-electron chi connectivity index (χ0n) is 14.3. The molecule has 1 amide bonds. The largest absolute Gasteiger partial charge is 0.355 e. The Bertz CT molecular complexity index is 879. The van der Waals surface area contributed by atoms with E-state index in [4.69, 9.17) is 4.52 Å². The van der Waals surface area contributed by atoms with Crippen molar-refractivity contribution in [2.24, 2.45) is 7.05 Å². The molecule has 3 aromatic rings. The number of aromatic nitrogens is 5. The lowest BCUT2D eigenvalue weighted by atomic mass is 9.97. The number of rotatable bonds is 3. The SMILES string of the molecule is Cc1c(-c2cc(C(=O)N3CCCC(c4ncc[nH]4)C3)no2)cnn1C. The third-order valence-corrected chi connectivity index (χ3v) is 4.84. The van der Waals surface area contributed by atoms with Crippen LogP contribution in [0.3, 0.4) is 0 Å². The Labute approximate surface area is 144 Å². The lowest BCUT2D eigenvalue weighted by Crippen LogP contribution is -2.39. The van der Waals surface area contributed by atoms with Gasteiger partial charge in [-0.3, -0.25) is 9.48 Å². The number of nitrogens with one attached hydrogen (secondary N) is 1. The van der Waals surface area contributed by atoms with E-state index in [0.29, 0.717) is 18.0 Å². The number of amides is 1. The molecule has 4 rings (SSSR count). The summed E-state index contributed by atoms with van der Waals surface area (Å²) < 4.78 is 7.15. The number of aryl methyl sites for hydroxylation is 1. The fourth-order valence-electron chi connectivity index (χ4n) is 3.29. The van der Waals surface area contributed by atoms with Crippen LogP contribution in [-0.4, -0.2) is 48.8 Å². The van der Waals surface area contributed by atoms with Crippen molar-refractivity contribution in [2.45, 2.75) is 25.7 Å². The summed E-state index contributed by atoms with van der Waals surface area (Å²) in [5.41, 5.74) is 2.14. The molecule has 0 bridgehead atoms. The monoisotopic (exact) mass is 340 g/mol. The van der Waals surface area contributed by atoms with Crippen molar-refractivity contribution >= 4 is 5.91 Å². The summed E-state index contributed by atoms with van der Waals surface area (Å²) in [6.45, 7) is 3.32. The first kappa shape index (κ1) is 15.6. The van der Waals surface area contributed by atoms with Crippen molar-refractivity contribution in [3.8, 4) is 11.3 Å². The molecule has 8 nitrogen and oxygen atoms in total. The predicted molar refractivity (Wildman–Crippen MR) is 89.9 cm³/mol. The standard InChI is InChI=1S/C17H20N6O2/c1-11-13(9-20-22(11)2)15-8-14(21-25-15)17(24)23-7-3-4-12(10-23)16-18-5-6-19-16/h5-6,8-9,12H,3-4,7,10H2,1-2H3,(H,18,19). The number of likely N-dealkylation sites (tertiary alicyclic amines) is 1. The van der Waals surface area contributed by atoms with Crippen LogP contribution in [0, 0.1) is 6.92 Å². The van der Waals surface area contributed by atoms with Gasteiger partial charge in [0.2, 0.25) is 0 Å². The summed E-state index contributed by atoms with van der Waals surface area (Å²) in [5.74, 6) is 1.63. The van der Waals surface area contributed by atoms with Crippen molar-refractivity contribution in [3.05, 3.63) is 41.9 Å². The molecule has 0 aliphatic carbocycles. The molecule has 0 saturated carbocycles. The van der Waals surface area contributed by atoms with E-state index >= 15 is 0 Å². The van der Waals surface area contributed by atoms with E-state index in [1.165, 1.54) is 0 Å². The molecular weight excluding hydrogens is 320 g/mol. The van der Waals surface area contributed by atoms with Crippen LogP contribution in [0.4, 0.5) is 0 Å². The van der Waals surface area contributed by atoms with Crippen molar-refractivity contribution < 1.29 is 9.32 Å². The molecule has 0 radical (unpaired) electrons. The van der Waals surface area contributed by atoms with E-state index in [-0.39, 0.29) is 11.8 Å². The normalized spacial score (nSPS) is 17.8. The number of H-pyrrole nitrogens is 1. The van der Waals surface area contributed by atoms with Crippen LogP contribution in [0.1, 0.15) is 40.8 Å². The topological polar surface area (TPSA) is 92.8 Å². The molecule has 1 fully saturated rings. The molecule has 1 aliphatic rings. The summed E-state index contributed by atoms with van der Waals surface area (Å²) in [6, 6.07) is 1.70. The molecule has 1 saturated heterocycles. The first-order chi connectivity index (χ1) is 12.1. The predicted octanol–water partition coefficient (Wildman–Crippen LogP) is 2.13. The molecular formula is C17H20N6O2. The molecule has 0 aromatic carbocycles. The number of piperidine rings is 1. The summed E-state index contributed by atoms with van der Waals surface area (Å²) in [7, 11) is 1.86. The van der Waals surface area contributed by atoms with Crippen molar-refractivity contribution in [1.29, 1.82) is 0 Å².